The number of hydrogen-bond donors (Lipinski definition) is 3. The molecule has 0 radical (unpaired) electrons. The number of nitrogens with one attached hydrogen (secondary N) is 2. The van der Waals surface area contributed by atoms with Crippen molar-refractivity contribution in [3.8, 4) is 0 Å². The van der Waals surface area contributed by atoms with E-state index in [0.717, 1.165) is 5.69 Å². The molecule has 1 amide bonds. The molecule has 4 N–H and O–H groups in total. The second-order valence-electron chi connectivity index (χ2n) is 5.31. The topological polar surface area (TPSA) is 101 Å². The molecule has 0 saturated carbocycles. The normalized spacial score (nSPS) is 20.1. The highest BCUT2D eigenvalue weighted by Gasteiger charge is 2.27. The number of anilines is 2. The van der Waals surface area contributed by atoms with Crippen molar-refractivity contribution in [3.63, 3.8) is 0 Å². The fraction of sp³-hybridized carbons (Fsp3) is 0.500. The Hall–Kier alpha value is -1.76. The third kappa shape index (κ3) is 4.10. The molecule has 1 aliphatic rings. The zero-order valence-corrected chi connectivity index (χ0v) is 12.9. The van der Waals surface area contributed by atoms with Gasteiger partial charge in [-0.2, -0.15) is 0 Å². The Labute approximate surface area is 125 Å². The molecule has 1 aromatic carbocycles. The van der Waals surface area contributed by atoms with Crippen molar-refractivity contribution in [3.05, 3.63) is 23.8 Å². The van der Waals surface area contributed by atoms with Gasteiger partial charge >= 0.3 is 0 Å². The first-order chi connectivity index (χ1) is 9.91. The summed E-state index contributed by atoms with van der Waals surface area (Å²) in [6.45, 7) is 2.99. The lowest BCUT2D eigenvalue weighted by Crippen LogP contribution is -2.23. The molecule has 1 fully saturated rings. The summed E-state index contributed by atoms with van der Waals surface area (Å²) in [6, 6.07) is 5.08. The smallest absolute Gasteiger partial charge is 0.251 e. The lowest BCUT2D eigenvalue weighted by atomic mass is 10.1. The molecule has 7 heteroatoms. The maximum absolute atomic E-state index is 11.7. The van der Waals surface area contributed by atoms with Gasteiger partial charge in [0.05, 0.1) is 22.9 Å². The number of carbonyl (C=O) groups is 1. The van der Waals surface area contributed by atoms with Crippen LogP contribution in [0.25, 0.3) is 0 Å². The number of rotatable bonds is 5. The Morgan fingerprint density at radius 3 is 2.76 bits per heavy atom. The van der Waals surface area contributed by atoms with Crippen LogP contribution in [-0.2, 0) is 9.84 Å². The third-order valence-electron chi connectivity index (χ3n) is 3.56. The standard InChI is InChI=1S/C14H21N3O3S/c1-2-16-14(18)11-3-4-13(12(15)7-11)17-8-10-5-6-21(19,20)9-10/h3-4,7,10,17H,2,5-6,8-9,15H2,1H3,(H,16,18). The lowest BCUT2D eigenvalue weighted by molar-refractivity contribution is 0.0956. The largest absolute Gasteiger partial charge is 0.397 e. The minimum Gasteiger partial charge on any atom is -0.397 e. The highest BCUT2D eigenvalue weighted by Crippen LogP contribution is 2.23. The van der Waals surface area contributed by atoms with Crippen LogP contribution in [-0.4, -0.2) is 38.9 Å². The molecule has 2 rings (SSSR count). The van der Waals surface area contributed by atoms with Crippen molar-refractivity contribution < 1.29 is 13.2 Å². The summed E-state index contributed by atoms with van der Waals surface area (Å²) in [6.07, 6.45) is 0.687. The second kappa shape index (κ2) is 6.34. The fourth-order valence-corrected chi connectivity index (χ4v) is 4.28. The van der Waals surface area contributed by atoms with Crippen LogP contribution < -0.4 is 16.4 Å². The van der Waals surface area contributed by atoms with Gasteiger partial charge in [-0.1, -0.05) is 0 Å². The number of carbonyl (C=O) groups excluding carboxylic acids is 1. The Kier molecular flexibility index (Phi) is 4.72. The maximum Gasteiger partial charge on any atom is 0.251 e. The van der Waals surface area contributed by atoms with Crippen molar-refractivity contribution in [2.75, 3.05) is 35.6 Å². The van der Waals surface area contributed by atoms with Crippen molar-refractivity contribution >= 4 is 27.1 Å². The van der Waals surface area contributed by atoms with Gasteiger partial charge in [0.15, 0.2) is 9.84 Å². The van der Waals surface area contributed by atoms with Gasteiger partial charge in [-0.25, -0.2) is 8.42 Å². The summed E-state index contributed by atoms with van der Waals surface area (Å²) in [5.74, 6) is 0.470. The number of hydrogen-bond acceptors (Lipinski definition) is 5. The Bertz CT molecular complexity index is 628. The van der Waals surface area contributed by atoms with E-state index in [1.807, 2.05) is 6.92 Å². The van der Waals surface area contributed by atoms with Crippen LogP contribution in [0.3, 0.4) is 0 Å². The fourth-order valence-electron chi connectivity index (χ4n) is 2.41. The van der Waals surface area contributed by atoms with Crippen molar-refractivity contribution in [2.24, 2.45) is 5.92 Å². The van der Waals surface area contributed by atoms with Gasteiger partial charge in [0.2, 0.25) is 0 Å². The van der Waals surface area contributed by atoms with E-state index < -0.39 is 9.84 Å². The molecule has 0 aromatic heterocycles. The van der Waals surface area contributed by atoms with E-state index in [2.05, 4.69) is 10.6 Å². The Morgan fingerprint density at radius 1 is 1.43 bits per heavy atom. The molecule has 1 heterocycles. The Balaban J connectivity index is 1.97. The van der Waals surface area contributed by atoms with E-state index in [4.69, 9.17) is 5.73 Å². The van der Waals surface area contributed by atoms with Crippen LogP contribution in [0.15, 0.2) is 18.2 Å². The summed E-state index contributed by atoms with van der Waals surface area (Å²) in [7, 11) is -2.86. The molecule has 6 nitrogen and oxygen atoms in total. The second-order valence-corrected chi connectivity index (χ2v) is 7.54. The van der Waals surface area contributed by atoms with Gasteiger partial charge in [0, 0.05) is 18.7 Å². The minimum absolute atomic E-state index is 0.123. The number of nitrogen functional groups attached to an aromatic ring is 1. The summed E-state index contributed by atoms with van der Waals surface area (Å²) in [5, 5.41) is 5.88. The summed E-state index contributed by atoms with van der Waals surface area (Å²) < 4.78 is 22.8. The molecular weight excluding hydrogens is 290 g/mol. The number of benzene rings is 1. The zero-order chi connectivity index (χ0) is 15.5. The highest BCUT2D eigenvalue weighted by atomic mass is 32.2. The maximum atomic E-state index is 11.7. The molecule has 1 atom stereocenters. The van der Waals surface area contributed by atoms with E-state index in [1.165, 1.54) is 0 Å². The molecule has 0 spiro atoms. The van der Waals surface area contributed by atoms with E-state index in [0.29, 0.717) is 30.8 Å². The van der Waals surface area contributed by atoms with Gasteiger partial charge in [0.25, 0.3) is 5.91 Å². The molecule has 21 heavy (non-hydrogen) atoms. The first-order valence-corrected chi connectivity index (χ1v) is 8.85. The number of sulfone groups is 1. The molecule has 116 valence electrons. The molecule has 1 saturated heterocycles. The minimum atomic E-state index is -2.86. The van der Waals surface area contributed by atoms with Crippen LogP contribution in [0, 0.1) is 5.92 Å². The summed E-state index contributed by atoms with van der Waals surface area (Å²) in [4.78, 5) is 11.7. The average Bonchev–Trinajstić information content (AvgIpc) is 2.77. The van der Waals surface area contributed by atoms with E-state index >= 15 is 0 Å². The molecule has 0 aliphatic carbocycles. The third-order valence-corrected chi connectivity index (χ3v) is 5.40. The average molecular weight is 311 g/mol. The van der Waals surface area contributed by atoms with Crippen molar-refractivity contribution in [1.29, 1.82) is 0 Å². The van der Waals surface area contributed by atoms with Crippen molar-refractivity contribution in [2.45, 2.75) is 13.3 Å². The highest BCUT2D eigenvalue weighted by molar-refractivity contribution is 7.91. The number of amides is 1. The predicted octanol–water partition coefficient (Wildman–Crippen LogP) is 0.865. The van der Waals surface area contributed by atoms with Crippen LogP contribution in [0.1, 0.15) is 23.7 Å². The van der Waals surface area contributed by atoms with Gasteiger partial charge in [-0.3, -0.25) is 4.79 Å². The van der Waals surface area contributed by atoms with Gasteiger partial charge in [0.1, 0.15) is 0 Å². The van der Waals surface area contributed by atoms with Gasteiger partial charge < -0.3 is 16.4 Å². The SMILES string of the molecule is CCNC(=O)c1ccc(NCC2CCS(=O)(=O)C2)c(N)c1. The zero-order valence-electron chi connectivity index (χ0n) is 12.1. The summed E-state index contributed by atoms with van der Waals surface area (Å²) >= 11 is 0. The molecule has 1 aliphatic heterocycles. The first-order valence-electron chi connectivity index (χ1n) is 7.03. The molecule has 1 aromatic rings. The lowest BCUT2D eigenvalue weighted by Gasteiger charge is -2.13. The van der Waals surface area contributed by atoms with Crippen LogP contribution in [0.5, 0.6) is 0 Å². The summed E-state index contributed by atoms with van der Waals surface area (Å²) in [5.41, 5.74) is 7.66. The van der Waals surface area contributed by atoms with E-state index in [9.17, 15) is 13.2 Å². The first kappa shape index (κ1) is 15.6. The van der Waals surface area contributed by atoms with E-state index in [-0.39, 0.29) is 23.3 Å². The quantitative estimate of drug-likeness (QED) is 0.700. The van der Waals surface area contributed by atoms with Crippen LogP contribution >= 0.6 is 0 Å². The molecular formula is C14H21N3O3S. The van der Waals surface area contributed by atoms with Crippen LogP contribution in [0.2, 0.25) is 0 Å². The van der Waals surface area contributed by atoms with Crippen LogP contribution in [0.4, 0.5) is 11.4 Å². The molecule has 0 bridgehead atoms. The van der Waals surface area contributed by atoms with Crippen molar-refractivity contribution in [1.82, 2.24) is 5.32 Å². The predicted molar refractivity (Wildman–Crippen MR) is 84.1 cm³/mol. The van der Waals surface area contributed by atoms with Gasteiger partial charge in [-0.15, -0.1) is 0 Å². The van der Waals surface area contributed by atoms with E-state index in [1.54, 1.807) is 18.2 Å². The van der Waals surface area contributed by atoms with Gasteiger partial charge in [-0.05, 0) is 37.5 Å². The monoisotopic (exact) mass is 311 g/mol. The number of nitrogens with two attached hydrogens (primary N) is 1. The molecule has 1 unspecified atom stereocenters. The Morgan fingerprint density at radius 2 is 2.19 bits per heavy atom.